The van der Waals surface area contributed by atoms with Gasteiger partial charge in [-0.1, -0.05) is 30.7 Å². The summed E-state index contributed by atoms with van der Waals surface area (Å²) >= 11 is 5.95. The molecule has 0 heterocycles. The molecule has 126 valence electrons. The highest BCUT2D eigenvalue weighted by molar-refractivity contribution is 6.32. The number of anilines is 1. The number of benzene rings is 2. The van der Waals surface area contributed by atoms with Crippen molar-refractivity contribution in [1.29, 1.82) is 0 Å². The number of carbonyl (C=O) groups is 2. The van der Waals surface area contributed by atoms with Crippen molar-refractivity contribution in [2.24, 2.45) is 0 Å². The molecule has 0 aliphatic carbocycles. The van der Waals surface area contributed by atoms with Crippen LogP contribution < -0.4 is 10.1 Å². The topological polar surface area (TPSA) is 64.6 Å². The Balaban J connectivity index is 1.85. The lowest BCUT2D eigenvalue weighted by atomic mass is 10.2. The molecule has 1 amide bonds. The van der Waals surface area contributed by atoms with Crippen LogP contribution in [0.5, 0.6) is 5.75 Å². The second-order valence-corrected chi connectivity index (χ2v) is 5.39. The van der Waals surface area contributed by atoms with Crippen LogP contribution in [0.1, 0.15) is 23.7 Å². The van der Waals surface area contributed by atoms with Crippen LogP contribution in [0, 0.1) is 0 Å². The molecule has 0 saturated carbocycles. The molecule has 0 aliphatic rings. The van der Waals surface area contributed by atoms with Crippen LogP contribution in [0.25, 0.3) is 0 Å². The highest BCUT2D eigenvalue weighted by atomic mass is 35.5. The number of rotatable bonds is 7. The fraction of sp³-hybridized carbons (Fsp3) is 0.222. The first-order valence-corrected chi connectivity index (χ1v) is 7.92. The molecule has 5 nitrogen and oxygen atoms in total. The zero-order valence-corrected chi connectivity index (χ0v) is 14.0. The van der Waals surface area contributed by atoms with E-state index in [0.717, 1.165) is 6.42 Å². The van der Waals surface area contributed by atoms with E-state index in [2.05, 4.69) is 5.32 Å². The molecular weight excluding hydrogens is 330 g/mol. The Hall–Kier alpha value is -2.53. The van der Waals surface area contributed by atoms with E-state index in [4.69, 9.17) is 21.1 Å². The molecule has 6 heteroatoms. The molecule has 0 radical (unpaired) electrons. The van der Waals surface area contributed by atoms with Gasteiger partial charge in [-0.2, -0.15) is 0 Å². The predicted octanol–water partition coefficient (Wildman–Crippen LogP) is 3.92. The van der Waals surface area contributed by atoms with E-state index in [0.29, 0.717) is 28.6 Å². The van der Waals surface area contributed by atoms with Crippen molar-refractivity contribution in [2.75, 3.05) is 18.5 Å². The van der Waals surface area contributed by atoms with E-state index in [1.807, 2.05) is 6.92 Å². The van der Waals surface area contributed by atoms with Gasteiger partial charge in [0.15, 0.2) is 6.61 Å². The van der Waals surface area contributed by atoms with Crippen LogP contribution in [0.15, 0.2) is 48.5 Å². The number of hydrogen-bond acceptors (Lipinski definition) is 4. The van der Waals surface area contributed by atoms with E-state index in [1.54, 1.807) is 48.5 Å². The fourth-order valence-corrected chi connectivity index (χ4v) is 2.06. The van der Waals surface area contributed by atoms with Crippen LogP contribution in [0.3, 0.4) is 0 Å². The van der Waals surface area contributed by atoms with E-state index in [9.17, 15) is 9.59 Å². The predicted molar refractivity (Wildman–Crippen MR) is 92.6 cm³/mol. The molecule has 2 aromatic rings. The zero-order chi connectivity index (χ0) is 17.4. The first-order valence-electron chi connectivity index (χ1n) is 7.54. The van der Waals surface area contributed by atoms with Crippen molar-refractivity contribution in [2.45, 2.75) is 13.3 Å². The van der Waals surface area contributed by atoms with Crippen molar-refractivity contribution >= 4 is 29.2 Å². The molecule has 2 aromatic carbocycles. The van der Waals surface area contributed by atoms with Crippen molar-refractivity contribution in [3.63, 3.8) is 0 Å². The summed E-state index contributed by atoms with van der Waals surface area (Å²) in [6, 6.07) is 13.4. The van der Waals surface area contributed by atoms with E-state index >= 15 is 0 Å². The first kappa shape index (κ1) is 17.8. The lowest BCUT2D eigenvalue weighted by Crippen LogP contribution is -2.20. The lowest BCUT2D eigenvalue weighted by molar-refractivity contribution is -0.118. The van der Waals surface area contributed by atoms with Crippen LogP contribution >= 0.6 is 11.6 Å². The molecule has 0 unspecified atom stereocenters. The number of para-hydroxylation sites is 1. The van der Waals surface area contributed by atoms with Gasteiger partial charge in [-0.15, -0.1) is 0 Å². The summed E-state index contributed by atoms with van der Waals surface area (Å²) < 4.78 is 10.4. The smallest absolute Gasteiger partial charge is 0.338 e. The Labute approximate surface area is 145 Å². The minimum Gasteiger partial charge on any atom is -0.482 e. The van der Waals surface area contributed by atoms with E-state index in [-0.39, 0.29) is 18.5 Å². The molecule has 0 atom stereocenters. The quantitative estimate of drug-likeness (QED) is 0.771. The van der Waals surface area contributed by atoms with Crippen LogP contribution in [0.2, 0.25) is 5.02 Å². The monoisotopic (exact) mass is 347 g/mol. The lowest BCUT2D eigenvalue weighted by Gasteiger charge is -2.09. The molecule has 0 spiro atoms. The Bertz CT molecular complexity index is 700. The van der Waals surface area contributed by atoms with Crippen LogP contribution in [-0.2, 0) is 9.53 Å². The second-order valence-electron chi connectivity index (χ2n) is 4.98. The maximum absolute atomic E-state index is 11.9. The third kappa shape index (κ3) is 5.28. The minimum atomic E-state index is -0.378. The van der Waals surface area contributed by atoms with Gasteiger partial charge in [-0.3, -0.25) is 4.79 Å². The number of esters is 1. The summed E-state index contributed by atoms with van der Waals surface area (Å²) in [5.74, 6) is -0.253. The highest BCUT2D eigenvalue weighted by Crippen LogP contribution is 2.23. The van der Waals surface area contributed by atoms with Gasteiger partial charge in [0.05, 0.1) is 17.2 Å². The summed E-state index contributed by atoms with van der Waals surface area (Å²) in [5.41, 5.74) is 1.00. The third-order valence-corrected chi connectivity index (χ3v) is 3.35. The minimum absolute atomic E-state index is 0.163. The van der Waals surface area contributed by atoms with Crippen molar-refractivity contribution in [1.82, 2.24) is 0 Å². The fourth-order valence-electron chi connectivity index (χ4n) is 1.87. The van der Waals surface area contributed by atoms with Gasteiger partial charge in [0, 0.05) is 5.69 Å². The Morgan fingerprint density at radius 1 is 1.08 bits per heavy atom. The summed E-state index contributed by atoms with van der Waals surface area (Å²) in [6.07, 6.45) is 0.769. The number of ether oxygens (including phenoxy) is 2. The maximum Gasteiger partial charge on any atom is 0.338 e. The molecule has 0 saturated heterocycles. The maximum atomic E-state index is 11.9. The summed E-state index contributed by atoms with van der Waals surface area (Å²) in [7, 11) is 0. The summed E-state index contributed by atoms with van der Waals surface area (Å²) in [5, 5.41) is 3.13. The highest BCUT2D eigenvalue weighted by Gasteiger charge is 2.08. The standard InChI is InChI=1S/C18H18ClNO4/c1-2-11-23-18(22)13-7-9-14(10-8-13)20-17(21)12-24-16-6-4-3-5-15(16)19/h3-10H,2,11-12H2,1H3,(H,20,21). The average molecular weight is 348 g/mol. The summed E-state index contributed by atoms with van der Waals surface area (Å²) in [4.78, 5) is 23.6. The Morgan fingerprint density at radius 2 is 1.79 bits per heavy atom. The van der Waals surface area contributed by atoms with Crippen molar-refractivity contribution in [3.8, 4) is 5.75 Å². The van der Waals surface area contributed by atoms with Gasteiger partial charge in [0.25, 0.3) is 5.91 Å². The van der Waals surface area contributed by atoms with Crippen molar-refractivity contribution < 1.29 is 19.1 Å². The third-order valence-electron chi connectivity index (χ3n) is 3.04. The molecular formula is C18H18ClNO4. The van der Waals surface area contributed by atoms with Gasteiger partial charge >= 0.3 is 5.97 Å². The first-order chi connectivity index (χ1) is 11.6. The van der Waals surface area contributed by atoms with E-state index < -0.39 is 0 Å². The Morgan fingerprint density at radius 3 is 2.46 bits per heavy atom. The number of carbonyl (C=O) groups excluding carboxylic acids is 2. The molecule has 2 rings (SSSR count). The zero-order valence-electron chi connectivity index (χ0n) is 13.3. The van der Waals surface area contributed by atoms with Crippen LogP contribution in [0.4, 0.5) is 5.69 Å². The SMILES string of the molecule is CCCOC(=O)c1ccc(NC(=O)COc2ccccc2Cl)cc1. The van der Waals surface area contributed by atoms with Gasteiger partial charge in [0.2, 0.25) is 0 Å². The number of halogens is 1. The molecule has 0 aromatic heterocycles. The molecule has 0 fully saturated rings. The largest absolute Gasteiger partial charge is 0.482 e. The van der Waals surface area contributed by atoms with Gasteiger partial charge in [-0.25, -0.2) is 4.79 Å². The average Bonchev–Trinajstić information content (AvgIpc) is 2.59. The van der Waals surface area contributed by atoms with E-state index in [1.165, 1.54) is 0 Å². The van der Waals surface area contributed by atoms with Gasteiger partial charge < -0.3 is 14.8 Å². The van der Waals surface area contributed by atoms with Crippen LogP contribution in [-0.4, -0.2) is 25.1 Å². The number of nitrogens with one attached hydrogen (secondary N) is 1. The molecule has 0 bridgehead atoms. The second kappa shape index (κ2) is 8.93. The van der Waals surface area contributed by atoms with Crippen molar-refractivity contribution in [3.05, 3.63) is 59.1 Å². The molecule has 1 N–H and O–H groups in total. The molecule has 0 aliphatic heterocycles. The van der Waals surface area contributed by atoms with Gasteiger partial charge in [0.1, 0.15) is 5.75 Å². The Kier molecular flexibility index (Phi) is 6.63. The number of amides is 1. The number of hydrogen-bond donors (Lipinski definition) is 1. The molecule has 24 heavy (non-hydrogen) atoms. The van der Waals surface area contributed by atoms with Gasteiger partial charge in [-0.05, 0) is 42.8 Å². The summed E-state index contributed by atoms with van der Waals surface area (Å²) in [6.45, 7) is 2.15. The normalized spacial score (nSPS) is 10.1.